The van der Waals surface area contributed by atoms with Crippen LogP contribution in [0.25, 0.3) is 0 Å². The first-order chi connectivity index (χ1) is 5.31. The van der Waals surface area contributed by atoms with Gasteiger partial charge in [0.1, 0.15) is 0 Å². The van der Waals surface area contributed by atoms with E-state index in [1.54, 1.807) is 13.0 Å². The van der Waals surface area contributed by atoms with E-state index < -0.39 is 0 Å². The number of rotatable bonds is 5. The topological polar surface area (TPSA) is 46.5 Å². The molecule has 0 aromatic carbocycles. The van der Waals surface area contributed by atoms with Gasteiger partial charge in [0.25, 0.3) is 0 Å². The van der Waals surface area contributed by atoms with Crippen molar-refractivity contribution < 1.29 is 14.6 Å². The Morgan fingerprint density at radius 3 is 2.82 bits per heavy atom. The van der Waals surface area contributed by atoms with Gasteiger partial charge in [0, 0.05) is 12.7 Å². The number of carbonyl (C=O) groups excluding carboxylic acids is 1. The normalized spacial score (nSPS) is 10.4. The van der Waals surface area contributed by atoms with E-state index in [4.69, 9.17) is 9.84 Å². The van der Waals surface area contributed by atoms with Gasteiger partial charge in [0.2, 0.25) is 0 Å². The van der Waals surface area contributed by atoms with Gasteiger partial charge in [0.05, 0.1) is 6.61 Å². The summed E-state index contributed by atoms with van der Waals surface area (Å²) in [5.41, 5.74) is 0. The van der Waals surface area contributed by atoms with Gasteiger partial charge < -0.3 is 9.84 Å². The molecule has 0 fully saturated rings. The molecule has 0 aliphatic carbocycles. The zero-order valence-corrected chi connectivity index (χ0v) is 6.75. The molecule has 11 heavy (non-hydrogen) atoms. The molecule has 1 N–H and O–H groups in total. The summed E-state index contributed by atoms with van der Waals surface area (Å²) in [6.07, 6.45) is 4.41. The average molecular weight is 158 g/mol. The summed E-state index contributed by atoms with van der Waals surface area (Å²) in [5, 5.41) is 8.38. The van der Waals surface area contributed by atoms with E-state index in [0.717, 1.165) is 6.42 Å². The first kappa shape index (κ1) is 10.2. The fraction of sp³-hybridized carbons (Fsp3) is 0.625. The minimum Gasteiger partial charge on any atom is -0.463 e. The fourth-order valence-electron chi connectivity index (χ4n) is 0.571. The van der Waals surface area contributed by atoms with Crippen molar-refractivity contribution in [1.82, 2.24) is 0 Å². The Bertz CT molecular complexity index is 129. The van der Waals surface area contributed by atoms with Crippen LogP contribution in [0.5, 0.6) is 0 Å². The van der Waals surface area contributed by atoms with E-state index in [0.29, 0.717) is 13.0 Å². The number of aliphatic hydroxyl groups is 1. The van der Waals surface area contributed by atoms with Crippen LogP contribution in [0.4, 0.5) is 0 Å². The number of allylic oxidation sites excluding steroid dienone is 1. The lowest BCUT2D eigenvalue weighted by molar-refractivity contribution is -0.137. The Kier molecular flexibility index (Phi) is 6.73. The summed E-state index contributed by atoms with van der Waals surface area (Å²) in [4.78, 5) is 10.6. The summed E-state index contributed by atoms with van der Waals surface area (Å²) in [5.74, 6) is -0.314. The Morgan fingerprint density at radius 1 is 1.55 bits per heavy atom. The molecule has 0 atom stereocenters. The predicted molar refractivity (Wildman–Crippen MR) is 42.1 cm³/mol. The predicted octanol–water partition coefficient (Wildman–Crippen LogP) is 0.878. The van der Waals surface area contributed by atoms with Crippen molar-refractivity contribution >= 4 is 5.97 Å². The number of carbonyl (C=O) groups is 1. The van der Waals surface area contributed by atoms with Gasteiger partial charge in [-0.15, -0.1) is 0 Å². The second kappa shape index (κ2) is 7.28. The first-order valence-electron chi connectivity index (χ1n) is 3.71. The number of hydrogen-bond donors (Lipinski definition) is 1. The van der Waals surface area contributed by atoms with Crippen LogP contribution in [0.15, 0.2) is 12.2 Å². The molecule has 64 valence electrons. The smallest absolute Gasteiger partial charge is 0.330 e. The van der Waals surface area contributed by atoms with Gasteiger partial charge in [-0.3, -0.25) is 0 Å². The molecule has 0 aliphatic rings. The van der Waals surface area contributed by atoms with Crippen molar-refractivity contribution in [3.05, 3.63) is 12.2 Å². The molecule has 0 unspecified atom stereocenters. The van der Waals surface area contributed by atoms with Crippen molar-refractivity contribution in [2.24, 2.45) is 0 Å². The summed E-state index contributed by atoms with van der Waals surface area (Å²) >= 11 is 0. The van der Waals surface area contributed by atoms with Crippen molar-refractivity contribution in [2.45, 2.75) is 19.8 Å². The minimum absolute atomic E-state index is 0.154. The van der Waals surface area contributed by atoms with Gasteiger partial charge in [-0.05, 0) is 19.8 Å². The van der Waals surface area contributed by atoms with Crippen LogP contribution in [0.2, 0.25) is 0 Å². The van der Waals surface area contributed by atoms with Crippen molar-refractivity contribution in [3.63, 3.8) is 0 Å². The summed E-state index contributed by atoms with van der Waals surface area (Å²) in [7, 11) is 0. The molecule has 0 aromatic heterocycles. The van der Waals surface area contributed by atoms with E-state index in [9.17, 15) is 4.79 Å². The third-order valence-corrected chi connectivity index (χ3v) is 1.10. The lowest BCUT2D eigenvalue weighted by Gasteiger charge is -1.98. The molecule has 0 saturated carbocycles. The van der Waals surface area contributed by atoms with E-state index in [1.165, 1.54) is 6.08 Å². The maximum absolute atomic E-state index is 10.6. The Balaban J connectivity index is 3.17. The largest absolute Gasteiger partial charge is 0.463 e. The molecule has 0 aliphatic heterocycles. The molecular formula is C8H14O3. The third kappa shape index (κ3) is 7.06. The Morgan fingerprint density at radius 2 is 2.27 bits per heavy atom. The lowest BCUT2D eigenvalue weighted by Crippen LogP contribution is -2.02. The second-order valence-electron chi connectivity index (χ2n) is 2.10. The van der Waals surface area contributed by atoms with Gasteiger partial charge in [-0.2, -0.15) is 0 Å². The van der Waals surface area contributed by atoms with Gasteiger partial charge in [-0.25, -0.2) is 4.79 Å². The third-order valence-electron chi connectivity index (χ3n) is 1.10. The highest BCUT2D eigenvalue weighted by molar-refractivity contribution is 5.81. The van der Waals surface area contributed by atoms with Crippen LogP contribution in [0.1, 0.15) is 19.8 Å². The molecule has 0 amide bonds. The number of esters is 1. The van der Waals surface area contributed by atoms with E-state index in [2.05, 4.69) is 0 Å². The summed E-state index contributed by atoms with van der Waals surface area (Å²) in [6, 6.07) is 0. The van der Waals surface area contributed by atoms with E-state index >= 15 is 0 Å². The standard InChI is InChI=1S/C8H14O3/c1-2-5-8(10)11-7-4-3-6-9/h2,5,9H,3-4,6-7H2,1H3. The molecule has 3 nitrogen and oxygen atoms in total. The van der Waals surface area contributed by atoms with Crippen LogP contribution in [0, 0.1) is 0 Å². The SMILES string of the molecule is CC=CC(=O)OCCCCO. The van der Waals surface area contributed by atoms with Gasteiger partial charge in [0.15, 0.2) is 0 Å². The van der Waals surface area contributed by atoms with Crippen LogP contribution < -0.4 is 0 Å². The average Bonchev–Trinajstić information content (AvgIpc) is 1.99. The second-order valence-corrected chi connectivity index (χ2v) is 2.10. The first-order valence-corrected chi connectivity index (χ1v) is 3.71. The van der Waals surface area contributed by atoms with Crippen LogP contribution in [0.3, 0.4) is 0 Å². The molecule has 0 aromatic rings. The van der Waals surface area contributed by atoms with E-state index in [-0.39, 0.29) is 12.6 Å². The van der Waals surface area contributed by atoms with Gasteiger partial charge >= 0.3 is 5.97 Å². The number of aliphatic hydroxyl groups excluding tert-OH is 1. The number of unbranched alkanes of at least 4 members (excludes halogenated alkanes) is 1. The van der Waals surface area contributed by atoms with E-state index in [1.807, 2.05) is 0 Å². The number of hydrogen-bond acceptors (Lipinski definition) is 3. The lowest BCUT2D eigenvalue weighted by atomic mass is 10.3. The van der Waals surface area contributed by atoms with Crippen molar-refractivity contribution in [1.29, 1.82) is 0 Å². The maximum Gasteiger partial charge on any atom is 0.330 e. The molecule has 3 heteroatoms. The quantitative estimate of drug-likeness (QED) is 0.367. The highest BCUT2D eigenvalue weighted by Gasteiger charge is 1.93. The van der Waals surface area contributed by atoms with Crippen molar-refractivity contribution in [3.8, 4) is 0 Å². The highest BCUT2D eigenvalue weighted by atomic mass is 16.5. The molecule has 0 saturated heterocycles. The zero-order valence-electron chi connectivity index (χ0n) is 6.75. The molecule has 0 spiro atoms. The van der Waals surface area contributed by atoms with Crippen LogP contribution >= 0.6 is 0 Å². The maximum atomic E-state index is 10.6. The minimum atomic E-state index is -0.314. The summed E-state index contributed by atoms with van der Waals surface area (Å²) < 4.78 is 4.75. The Hall–Kier alpha value is -0.830. The van der Waals surface area contributed by atoms with Crippen LogP contribution in [-0.4, -0.2) is 24.3 Å². The highest BCUT2D eigenvalue weighted by Crippen LogP contribution is 1.89. The van der Waals surface area contributed by atoms with Gasteiger partial charge in [-0.1, -0.05) is 6.08 Å². The fourth-order valence-corrected chi connectivity index (χ4v) is 0.571. The summed E-state index contributed by atoms with van der Waals surface area (Å²) in [6.45, 7) is 2.31. The van der Waals surface area contributed by atoms with Crippen molar-refractivity contribution in [2.75, 3.05) is 13.2 Å². The molecule has 0 heterocycles. The monoisotopic (exact) mass is 158 g/mol. The molecule has 0 bridgehead atoms. The molecular weight excluding hydrogens is 144 g/mol. The molecule has 0 radical (unpaired) electrons. The van der Waals surface area contributed by atoms with Crippen LogP contribution in [-0.2, 0) is 9.53 Å². The zero-order chi connectivity index (χ0) is 8.53. The molecule has 0 rings (SSSR count). The Labute approximate surface area is 66.7 Å². The number of ether oxygens (including phenoxy) is 1.